The van der Waals surface area contributed by atoms with E-state index in [-0.39, 0.29) is 0 Å². The summed E-state index contributed by atoms with van der Waals surface area (Å²) in [4.78, 5) is 2.75. The minimum absolute atomic E-state index is 0.892. The van der Waals surface area contributed by atoms with Crippen LogP contribution in [0, 0.1) is 5.92 Å². The molecule has 1 rings (SSSR count). The van der Waals surface area contributed by atoms with Gasteiger partial charge in [0.15, 0.2) is 0 Å². The van der Waals surface area contributed by atoms with Gasteiger partial charge in [-0.05, 0) is 38.1 Å². The van der Waals surface area contributed by atoms with Crippen molar-refractivity contribution in [1.82, 2.24) is 4.90 Å². The first-order valence-corrected chi connectivity index (χ1v) is 7.73. The lowest BCUT2D eigenvalue weighted by Crippen LogP contribution is -2.33. The van der Waals surface area contributed by atoms with Gasteiger partial charge in [-0.1, -0.05) is 42.6 Å². The Morgan fingerprint density at radius 2 is 2.07 bits per heavy atom. The van der Waals surface area contributed by atoms with Crippen LogP contribution in [0.25, 0.3) is 0 Å². The van der Waals surface area contributed by atoms with E-state index < -0.39 is 0 Å². The molecule has 0 N–H and O–H groups in total. The summed E-state index contributed by atoms with van der Waals surface area (Å²) in [6.07, 6.45) is 8.28. The molecule has 0 aromatic carbocycles. The molecule has 0 amide bonds. The zero-order valence-electron chi connectivity index (χ0n) is 10.3. The molecule has 1 fully saturated rings. The number of halogens is 1. The van der Waals surface area contributed by atoms with E-state index in [9.17, 15) is 0 Å². The summed E-state index contributed by atoms with van der Waals surface area (Å²) in [6, 6.07) is 0.892. The summed E-state index contributed by atoms with van der Waals surface area (Å²) in [5.74, 6) is 0.926. The van der Waals surface area contributed by atoms with Crippen molar-refractivity contribution >= 4 is 15.9 Å². The molecule has 1 atom stereocenters. The quantitative estimate of drug-likeness (QED) is 0.634. The van der Waals surface area contributed by atoms with Gasteiger partial charge in [0.1, 0.15) is 0 Å². The predicted molar refractivity (Wildman–Crippen MR) is 71.7 cm³/mol. The standard InChI is InChI=1S/C13H26BrN/c1-3-12(4-2)11-15-10-6-8-13(15)7-5-9-14/h12-13H,3-11H2,1-2H3. The van der Waals surface area contributed by atoms with Crippen LogP contribution < -0.4 is 0 Å². The molecule has 15 heavy (non-hydrogen) atoms. The smallest absolute Gasteiger partial charge is 0.00961 e. The molecule has 1 aliphatic rings. The van der Waals surface area contributed by atoms with Crippen molar-refractivity contribution < 1.29 is 0 Å². The summed E-state index contributed by atoms with van der Waals surface area (Å²) >= 11 is 3.54. The van der Waals surface area contributed by atoms with Gasteiger partial charge < -0.3 is 4.90 Å². The second-order valence-corrected chi connectivity index (χ2v) is 5.60. The van der Waals surface area contributed by atoms with Crippen LogP contribution in [0.15, 0.2) is 0 Å². The average molecular weight is 276 g/mol. The highest BCUT2D eigenvalue weighted by Crippen LogP contribution is 2.24. The molecule has 1 heterocycles. The number of nitrogens with zero attached hydrogens (tertiary/aromatic N) is 1. The van der Waals surface area contributed by atoms with Gasteiger partial charge in [-0.25, -0.2) is 0 Å². The lowest BCUT2D eigenvalue weighted by Gasteiger charge is -2.28. The van der Waals surface area contributed by atoms with E-state index >= 15 is 0 Å². The van der Waals surface area contributed by atoms with Crippen molar-refractivity contribution in [2.24, 2.45) is 5.92 Å². The predicted octanol–water partition coefficient (Wildman–Crippen LogP) is 4.06. The van der Waals surface area contributed by atoms with E-state index in [4.69, 9.17) is 0 Å². The first-order valence-electron chi connectivity index (χ1n) is 6.61. The van der Waals surface area contributed by atoms with E-state index in [0.29, 0.717) is 0 Å². The Balaban J connectivity index is 2.31. The van der Waals surface area contributed by atoms with Crippen LogP contribution in [-0.2, 0) is 0 Å². The maximum absolute atomic E-state index is 3.54. The molecular formula is C13H26BrN. The van der Waals surface area contributed by atoms with Crippen LogP contribution in [0.4, 0.5) is 0 Å². The van der Waals surface area contributed by atoms with Gasteiger partial charge in [0, 0.05) is 17.9 Å². The molecule has 0 spiro atoms. The normalized spacial score (nSPS) is 22.8. The molecule has 2 heteroatoms. The molecule has 0 aromatic heterocycles. The highest BCUT2D eigenvalue weighted by atomic mass is 79.9. The zero-order valence-corrected chi connectivity index (χ0v) is 11.9. The molecule has 1 unspecified atom stereocenters. The molecule has 1 saturated heterocycles. The Bertz CT molecular complexity index is 157. The number of hydrogen-bond acceptors (Lipinski definition) is 1. The Hall–Kier alpha value is 0.440. The van der Waals surface area contributed by atoms with Crippen LogP contribution >= 0.6 is 15.9 Å². The first-order chi connectivity index (χ1) is 7.31. The Labute approximate surface area is 104 Å². The molecule has 1 nitrogen and oxygen atoms in total. The van der Waals surface area contributed by atoms with Gasteiger partial charge in [-0.15, -0.1) is 0 Å². The monoisotopic (exact) mass is 275 g/mol. The van der Waals surface area contributed by atoms with Crippen LogP contribution in [0.3, 0.4) is 0 Å². The second kappa shape index (κ2) is 7.67. The fourth-order valence-corrected chi connectivity index (χ4v) is 2.98. The first kappa shape index (κ1) is 13.5. The van der Waals surface area contributed by atoms with Gasteiger partial charge in [-0.3, -0.25) is 0 Å². The van der Waals surface area contributed by atoms with Crippen LogP contribution in [0.2, 0.25) is 0 Å². The number of rotatable bonds is 7. The number of hydrogen-bond donors (Lipinski definition) is 0. The second-order valence-electron chi connectivity index (χ2n) is 4.80. The molecule has 0 bridgehead atoms. The van der Waals surface area contributed by atoms with Crippen molar-refractivity contribution in [3.63, 3.8) is 0 Å². The van der Waals surface area contributed by atoms with Gasteiger partial charge in [0.2, 0.25) is 0 Å². The molecule has 1 aliphatic heterocycles. The molecule has 0 aromatic rings. The summed E-state index contributed by atoms with van der Waals surface area (Å²) in [6.45, 7) is 7.36. The van der Waals surface area contributed by atoms with Gasteiger partial charge in [-0.2, -0.15) is 0 Å². The summed E-state index contributed by atoms with van der Waals surface area (Å²) in [5, 5.41) is 1.17. The third-order valence-electron chi connectivity index (χ3n) is 3.82. The summed E-state index contributed by atoms with van der Waals surface area (Å²) in [5.41, 5.74) is 0. The van der Waals surface area contributed by atoms with Crippen LogP contribution in [0.1, 0.15) is 52.4 Å². The fourth-order valence-electron chi connectivity index (χ4n) is 2.65. The van der Waals surface area contributed by atoms with E-state index in [0.717, 1.165) is 12.0 Å². The third-order valence-corrected chi connectivity index (χ3v) is 4.38. The fraction of sp³-hybridized carbons (Fsp3) is 1.00. The zero-order chi connectivity index (χ0) is 11.1. The maximum Gasteiger partial charge on any atom is 0.00961 e. The van der Waals surface area contributed by atoms with Crippen molar-refractivity contribution in [2.75, 3.05) is 18.4 Å². The maximum atomic E-state index is 3.54. The topological polar surface area (TPSA) is 3.24 Å². The largest absolute Gasteiger partial charge is 0.300 e. The molecular weight excluding hydrogens is 250 g/mol. The van der Waals surface area contributed by atoms with Crippen LogP contribution in [0.5, 0.6) is 0 Å². The molecule has 0 saturated carbocycles. The summed E-state index contributed by atoms with van der Waals surface area (Å²) in [7, 11) is 0. The van der Waals surface area contributed by atoms with Gasteiger partial charge >= 0.3 is 0 Å². The highest BCUT2D eigenvalue weighted by Gasteiger charge is 2.25. The van der Waals surface area contributed by atoms with Crippen LogP contribution in [-0.4, -0.2) is 29.4 Å². The van der Waals surface area contributed by atoms with Gasteiger partial charge in [0.05, 0.1) is 0 Å². The van der Waals surface area contributed by atoms with Crippen molar-refractivity contribution in [1.29, 1.82) is 0 Å². The lowest BCUT2D eigenvalue weighted by atomic mass is 10.0. The number of likely N-dealkylation sites (tertiary alicyclic amines) is 1. The van der Waals surface area contributed by atoms with E-state index in [1.165, 1.54) is 56.9 Å². The Morgan fingerprint density at radius 3 is 2.67 bits per heavy atom. The lowest BCUT2D eigenvalue weighted by molar-refractivity contribution is 0.199. The minimum atomic E-state index is 0.892. The van der Waals surface area contributed by atoms with Crippen molar-refractivity contribution in [3.8, 4) is 0 Å². The van der Waals surface area contributed by atoms with Gasteiger partial charge in [0.25, 0.3) is 0 Å². The molecule has 90 valence electrons. The third kappa shape index (κ3) is 4.44. The van der Waals surface area contributed by atoms with Crippen molar-refractivity contribution in [3.05, 3.63) is 0 Å². The Kier molecular flexibility index (Phi) is 6.91. The average Bonchev–Trinajstić information content (AvgIpc) is 2.70. The molecule has 0 radical (unpaired) electrons. The summed E-state index contributed by atoms with van der Waals surface area (Å²) < 4.78 is 0. The van der Waals surface area contributed by atoms with E-state index in [1.54, 1.807) is 0 Å². The number of alkyl halides is 1. The van der Waals surface area contributed by atoms with E-state index in [1.807, 2.05) is 0 Å². The van der Waals surface area contributed by atoms with E-state index in [2.05, 4.69) is 34.7 Å². The molecule has 0 aliphatic carbocycles. The SMILES string of the molecule is CCC(CC)CN1CCCC1CCCBr. The highest BCUT2D eigenvalue weighted by molar-refractivity contribution is 9.09. The van der Waals surface area contributed by atoms with Crippen molar-refractivity contribution in [2.45, 2.75) is 58.4 Å². The Morgan fingerprint density at radius 1 is 1.33 bits per heavy atom. The minimum Gasteiger partial charge on any atom is -0.300 e.